The van der Waals surface area contributed by atoms with Crippen molar-refractivity contribution in [3.63, 3.8) is 0 Å². The maximum atomic E-state index is 12.2. The lowest BCUT2D eigenvalue weighted by Gasteiger charge is -2.25. The Bertz CT molecular complexity index is 498. The first-order valence-electron chi connectivity index (χ1n) is 6.61. The van der Waals surface area contributed by atoms with Gasteiger partial charge in [-0.25, -0.2) is 0 Å². The van der Waals surface area contributed by atoms with Crippen LogP contribution < -0.4 is 5.32 Å². The molecule has 0 saturated heterocycles. The molecule has 0 unspecified atom stereocenters. The van der Waals surface area contributed by atoms with Gasteiger partial charge < -0.3 is 15.2 Å². The molecule has 0 radical (unpaired) electrons. The van der Waals surface area contributed by atoms with Crippen LogP contribution in [-0.2, 0) is 22.6 Å². The highest BCUT2D eigenvalue weighted by molar-refractivity contribution is 7.14. The van der Waals surface area contributed by atoms with Crippen molar-refractivity contribution in [2.24, 2.45) is 0 Å². The molecule has 0 spiro atoms. The second-order valence-corrected chi connectivity index (χ2v) is 6.73. The molecule has 1 aliphatic heterocycles. The van der Waals surface area contributed by atoms with E-state index in [-0.39, 0.29) is 12.3 Å². The number of carboxylic acids is 1. The molecular formula is C14H19NO4S. The molecule has 0 fully saturated rings. The number of nitrogens with one attached hydrogen (secondary N) is 1. The molecule has 1 aromatic heterocycles. The van der Waals surface area contributed by atoms with E-state index >= 15 is 0 Å². The van der Waals surface area contributed by atoms with E-state index in [1.165, 1.54) is 16.2 Å². The highest BCUT2D eigenvalue weighted by Crippen LogP contribution is 2.27. The minimum Gasteiger partial charge on any atom is -0.481 e. The number of ether oxygens (including phenoxy) is 1. The summed E-state index contributed by atoms with van der Waals surface area (Å²) in [7, 11) is 0. The van der Waals surface area contributed by atoms with E-state index in [2.05, 4.69) is 5.32 Å². The number of thiophene rings is 1. The average Bonchev–Trinajstić information content (AvgIpc) is 2.80. The van der Waals surface area contributed by atoms with Crippen LogP contribution in [-0.4, -0.2) is 29.1 Å². The molecule has 2 N–H and O–H groups in total. The zero-order valence-corrected chi connectivity index (χ0v) is 12.5. The van der Waals surface area contributed by atoms with E-state index in [1.807, 2.05) is 19.9 Å². The Morgan fingerprint density at radius 2 is 2.25 bits per heavy atom. The van der Waals surface area contributed by atoms with Crippen LogP contribution in [0.3, 0.4) is 0 Å². The number of hydrogen-bond donors (Lipinski definition) is 2. The van der Waals surface area contributed by atoms with Crippen LogP contribution >= 0.6 is 11.3 Å². The molecule has 110 valence electrons. The van der Waals surface area contributed by atoms with E-state index < -0.39 is 11.5 Å². The van der Waals surface area contributed by atoms with Crippen LogP contribution in [0.5, 0.6) is 0 Å². The Morgan fingerprint density at radius 3 is 2.90 bits per heavy atom. The highest BCUT2D eigenvalue weighted by Gasteiger charge is 2.24. The van der Waals surface area contributed by atoms with E-state index in [0.717, 1.165) is 12.0 Å². The van der Waals surface area contributed by atoms with E-state index in [4.69, 9.17) is 9.84 Å². The van der Waals surface area contributed by atoms with Crippen molar-refractivity contribution in [3.8, 4) is 0 Å². The van der Waals surface area contributed by atoms with Gasteiger partial charge in [0.05, 0.1) is 18.1 Å². The van der Waals surface area contributed by atoms with Gasteiger partial charge >= 0.3 is 5.97 Å². The summed E-state index contributed by atoms with van der Waals surface area (Å²) in [4.78, 5) is 24.7. The van der Waals surface area contributed by atoms with Gasteiger partial charge in [0.25, 0.3) is 5.91 Å². The first kappa shape index (κ1) is 15.0. The molecule has 5 nitrogen and oxygen atoms in total. The van der Waals surface area contributed by atoms with Gasteiger partial charge in [0.15, 0.2) is 0 Å². The maximum absolute atomic E-state index is 12.2. The van der Waals surface area contributed by atoms with Crippen molar-refractivity contribution in [2.45, 2.75) is 45.3 Å². The molecular weight excluding hydrogens is 278 g/mol. The third-order valence-corrected chi connectivity index (χ3v) is 4.50. The fourth-order valence-corrected chi connectivity index (χ4v) is 3.15. The molecule has 6 heteroatoms. The Balaban J connectivity index is 2.00. The third kappa shape index (κ3) is 3.80. The second-order valence-electron chi connectivity index (χ2n) is 5.59. The molecule has 1 aromatic rings. The molecule has 2 heterocycles. The summed E-state index contributed by atoms with van der Waals surface area (Å²) in [6, 6.07) is 1.88. The molecule has 0 saturated carbocycles. The number of amides is 1. The Hall–Kier alpha value is -1.40. The predicted molar refractivity (Wildman–Crippen MR) is 76.1 cm³/mol. The van der Waals surface area contributed by atoms with Crippen LogP contribution in [0, 0.1) is 0 Å². The molecule has 0 aromatic carbocycles. The molecule has 1 aliphatic rings. The van der Waals surface area contributed by atoms with Crippen molar-refractivity contribution >= 4 is 23.2 Å². The summed E-state index contributed by atoms with van der Waals surface area (Å²) in [5.74, 6) is -0.990. The van der Waals surface area contributed by atoms with Crippen molar-refractivity contribution in [2.75, 3.05) is 6.61 Å². The SMILES string of the molecule is CC(C)(CCC(=O)O)NC(=O)c1cc2c(s1)CCOC2. The van der Waals surface area contributed by atoms with Crippen LogP contribution in [0.2, 0.25) is 0 Å². The van der Waals surface area contributed by atoms with Crippen molar-refractivity contribution in [3.05, 3.63) is 21.4 Å². The fourth-order valence-electron chi connectivity index (χ4n) is 2.11. The predicted octanol–water partition coefficient (Wildman–Crippen LogP) is 2.19. The number of carbonyl (C=O) groups is 2. The molecule has 2 rings (SSSR count). The van der Waals surface area contributed by atoms with Gasteiger partial charge in [-0.2, -0.15) is 0 Å². The smallest absolute Gasteiger partial charge is 0.303 e. The summed E-state index contributed by atoms with van der Waals surface area (Å²) in [6.45, 7) is 4.95. The molecule has 0 bridgehead atoms. The lowest BCUT2D eigenvalue weighted by atomic mass is 9.98. The van der Waals surface area contributed by atoms with Gasteiger partial charge in [-0.1, -0.05) is 0 Å². The van der Waals surface area contributed by atoms with Gasteiger partial charge in [-0.05, 0) is 31.9 Å². The molecule has 20 heavy (non-hydrogen) atoms. The Kier molecular flexibility index (Phi) is 4.45. The number of rotatable bonds is 5. The first-order valence-corrected chi connectivity index (χ1v) is 7.43. The van der Waals surface area contributed by atoms with E-state index in [1.54, 1.807) is 0 Å². The topological polar surface area (TPSA) is 75.6 Å². The zero-order valence-electron chi connectivity index (χ0n) is 11.7. The third-order valence-electron chi connectivity index (χ3n) is 3.27. The zero-order chi connectivity index (χ0) is 14.8. The van der Waals surface area contributed by atoms with Crippen molar-refractivity contribution < 1.29 is 19.4 Å². The summed E-state index contributed by atoms with van der Waals surface area (Å²) in [6.07, 6.45) is 1.31. The first-order chi connectivity index (χ1) is 9.37. The molecule has 1 amide bonds. The van der Waals surface area contributed by atoms with Gasteiger partial charge in [-0.15, -0.1) is 11.3 Å². The summed E-state index contributed by atoms with van der Waals surface area (Å²) < 4.78 is 5.36. The Morgan fingerprint density at radius 1 is 1.50 bits per heavy atom. The second kappa shape index (κ2) is 5.93. The lowest BCUT2D eigenvalue weighted by molar-refractivity contribution is -0.137. The average molecular weight is 297 g/mol. The largest absolute Gasteiger partial charge is 0.481 e. The van der Waals surface area contributed by atoms with Gasteiger partial charge in [0.1, 0.15) is 0 Å². The van der Waals surface area contributed by atoms with Gasteiger partial charge in [0, 0.05) is 23.3 Å². The standard InChI is InChI=1S/C14H19NO4S/c1-14(2,5-3-12(16)17)15-13(18)11-7-9-8-19-6-4-10(9)20-11/h7H,3-6,8H2,1-2H3,(H,15,18)(H,16,17). The van der Waals surface area contributed by atoms with Crippen LogP contribution in [0.4, 0.5) is 0 Å². The molecule has 0 atom stereocenters. The minimum absolute atomic E-state index is 0.0437. The van der Waals surface area contributed by atoms with Crippen LogP contribution in [0.1, 0.15) is 46.8 Å². The molecule has 0 aliphatic carbocycles. The number of carboxylic acid groups (broad SMARTS) is 1. The van der Waals surface area contributed by atoms with Crippen LogP contribution in [0.25, 0.3) is 0 Å². The van der Waals surface area contributed by atoms with Crippen molar-refractivity contribution in [1.29, 1.82) is 0 Å². The van der Waals surface area contributed by atoms with E-state index in [0.29, 0.717) is 24.5 Å². The maximum Gasteiger partial charge on any atom is 0.303 e. The van der Waals surface area contributed by atoms with Gasteiger partial charge in [0.2, 0.25) is 0 Å². The number of fused-ring (bicyclic) bond motifs is 1. The number of aliphatic carboxylic acids is 1. The number of carbonyl (C=O) groups excluding carboxylic acids is 1. The van der Waals surface area contributed by atoms with E-state index in [9.17, 15) is 9.59 Å². The summed E-state index contributed by atoms with van der Waals surface area (Å²) in [5.41, 5.74) is 0.561. The van der Waals surface area contributed by atoms with Gasteiger partial charge in [-0.3, -0.25) is 9.59 Å². The fraction of sp³-hybridized carbons (Fsp3) is 0.571. The number of hydrogen-bond acceptors (Lipinski definition) is 4. The monoisotopic (exact) mass is 297 g/mol. The Labute approximate surface area is 121 Å². The van der Waals surface area contributed by atoms with Crippen molar-refractivity contribution in [1.82, 2.24) is 5.32 Å². The highest BCUT2D eigenvalue weighted by atomic mass is 32.1. The quantitative estimate of drug-likeness (QED) is 0.873. The normalized spacial score (nSPS) is 14.7. The summed E-state index contributed by atoms with van der Waals surface area (Å²) in [5, 5.41) is 11.6. The minimum atomic E-state index is -0.851. The lowest BCUT2D eigenvalue weighted by Crippen LogP contribution is -2.43. The summed E-state index contributed by atoms with van der Waals surface area (Å²) >= 11 is 1.50. The van der Waals surface area contributed by atoms with Crippen LogP contribution in [0.15, 0.2) is 6.07 Å².